The number of esters is 1. The number of allylic oxidation sites excluding steroid dienone is 1. The minimum absolute atomic E-state index is 0.209. The molecular weight excluding hydrogens is 566 g/mol. The van der Waals surface area contributed by atoms with Crippen LogP contribution in [-0.4, -0.2) is 22.1 Å². The number of carbonyl (C=O) groups excluding carboxylic acids is 1. The summed E-state index contributed by atoms with van der Waals surface area (Å²) in [6, 6.07) is 20.0. The zero-order valence-corrected chi connectivity index (χ0v) is 23.8. The molecule has 0 aliphatic carbocycles. The van der Waals surface area contributed by atoms with Gasteiger partial charge < -0.3 is 9.15 Å². The summed E-state index contributed by atoms with van der Waals surface area (Å²) in [6.45, 7) is 3.71. The van der Waals surface area contributed by atoms with E-state index in [2.05, 4.69) is 9.98 Å². The average molecular weight is 588 g/mol. The Bertz CT molecular complexity index is 1970. The highest BCUT2D eigenvalue weighted by Gasteiger charge is 2.33. The van der Waals surface area contributed by atoms with Gasteiger partial charge in [-0.1, -0.05) is 53.3 Å². The van der Waals surface area contributed by atoms with Crippen LogP contribution in [0.15, 0.2) is 108 Å². The number of thiazole rings is 1. The Morgan fingerprint density at radius 1 is 1.15 bits per heavy atom. The molecule has 0 radical (unpaired) electrons. The molecule has 0 bridgehead atoms. The predicted molar refractivity (Wildman–Crippen MR) is 156 cm³/mol. The number of rotatable bonds is 6. The number of fused-ring (bicyclic) bond motifs is 2. The number of carbonyl (C=O) groups is 1. The summed E-state index contributed by atoms with van der Waals surface area (Å²) < 4.78 is 13.4. The van der Waals surface area contributed by atoms with Crippen molar-refractivity contribution in [2.45, 2.75) is 29.9 Å². The van der Waals surface area contributed by atoms with E-state index in [1.165, 1.54) is 23.1 Å². The Balaban J connectivity index is 1.40. The summed E-state index contributed by atoms with van der Waals surface area (Å²) in [5.41, 5.74) is 2.18. The summed E-state index contributed by atoms with van der Waals surface area (Å²) >= 11 is 8.84. The van der Waals surface area contributed by atoms with Gasteiger partial charge in [0.05, 0.1) is 34.0 Å². The second kappa shape index (κ2) is 10.9. The molecule has 1 aliphatic heterocycles. The number of para-hydroxylation sites is 1. The van der Waals surface area contributed by atoms with Crippen LogP contribution in [0.5, 0.6) is 0 Å². The first-order chi connectivity index (χ1) is 19.4. The van der Waals surface area contributed by atoms with Crippen molar-refractivity contribution >= 4 is 57.6 Å². The number of benzene rings is 2. The van der Waals surface area contributed by atoms with Crippen LogP contribution < -0.4 is 14.9 Å². The molecule has 6 rings (SSSR count). The third-order valence-corrected chi connectivity index (χ3v) is 8.59. The van der Waals surface area contributed by atoms with Gasteiger partial charge in [0.1, 0.15) is 5.76 Å². The summed E-state index contributed by atoms with van der Waals surface area (Å²) in [5.74, 6) is 0.0268. The molecule has 5 aromatic rings. The van der Waals surface area contributed by atoms with Crippen molar-refractivity contribution in [2.75, 3.05) is 6.61 Å². The fourth-order valence-electron chi connectivity index (χ4n) is 4.61. The van der Waals surface area contributed by atoms with Crippen LogP contribution in [-0.2, 0) is 9.53 Å². The van der Waals surface area contributed by atoms with Gasteiger partial charge in [0.2, 0.25) is 0 Å². The lowest BCUT2D eigenvalue weighted by molar-refractivity contribution is -0.139. The standard InChI is InChI=1S/C30H22ClN3O4S2/c1-3-37-29(36)25-17(2)33-30-34(27(25)19-9-11-20(31)12-10-19)28(35)23(40-30)16-21-13-14-24(38-21)39-22-8-4-6-18-7-5-15-32-26(18)22/h4-16,27H,3H2,1-2H3/b23-16-/t27-/m0/s1. The quantitative estimate of drug-likeness (QED) is 0.235. The van der Waals surface area contributed by atoms with Gasteiger partial charge in [-0.15, -0.1) is 0 Å². The summed E-state index contributed by atoms with van der Waals surface area (Å²) in [6.07, 6.45) is 3.48. The molecule has 1 aliphatic rings. The maximum Gasteiger partial charge on any atom is 0.338 e. The number of hydrogen-bond donors (Lipinski definition) is 0. The number of hydrogen-bond acceptors (Lipinski definition) is 8. The van der Waals surface area contributed by atoms with Crippen LogP contribution in [0.25, 0.3) is 17.0 Å². The summed E-state index contributed by atoms with van der Waals surface area (Å²) in [5, 5.41) is 2.28. The lowest BCUT2D eigenvalue weighted by Crippen LogP contribution is -2.39. The summed E-state index contributed by atoms with van der Waals surface area (Å²) in [7, 11) is 0. The third kappa shape index (κ3) is 4.92. The zero-order valence-electron chi connectivity index (χ0n) is 21.5. The largest absolute Gasteiger partial charge is 0.463 e. The van der Waals surface area contributed by atoms with Crippen molar-refractivity contribution in [3.8, 4) is 0 Å². The van der Waals surface area contributed by atoms with E-state index in [0.29, 0.717) is 36.5 Å². The van der Waals surface area contributed by atoms with E-state index in [9.17, 15) is 9.59 Å². The lowest BCUT2D eigenvalue weighted by Gasteiger charge is -2.24. The first-order valence-corrected chi connectivity index (χ1v) is 14.5. The Hall–Kier alpha value is -3.92. The van der Waals surface area contributed by atoms with Crippen molar-refractivity contribution < 1.29 is 13.9 Å². The normalized spacial score (nSPS) is 15.3. The monoisotopic (exact) mass is 587 g/mol. The molecule has 0 spiro atoms. The molecule has 0 N–H and O–H groups in total. The van der Waals surface area contributed by atoms with Crippen LogP contribution in [0.2, 0.25) is 5.02 Å². The highest BCUT2D eigenvalue weighted by atomic mass is 35.5. The van der Waals surface area contributed by atoms with Crippen LogP contribution in [0.3, 0.4) is 0 Å². The van der Waals surface area contributed by atoms with Crippen molar-refractivity contribution in [2.24, 2.45) is 4.99 Å². The van der Waals surface area contributed by atoms with Crippen LogP contribution in [0, 0.1) is 0 Å². The van der Waals surface area contributed by atoms with Gasteiger partial charge in [-0.2, -0.15) is 0 Å². The molecular formula is C30H22ClN3O4S2. The maximum absolute atomic E-state index is 13.8. The second-order valence-electron chi connectivity index (χ2n) is 8.94. The minimum Gasteiger partial charge on any atom is -0.463 e. The molecule has 0 fully saturated rings. The van der Waals surface area contributed by atoms with Crippen LogP contribution in [0.1, 0.15) is 31.2 Å². The van der Waals surface area contributed by atoms with Crippen LogP contribution >= 0.6 is 34.7 Å². The first kappa shape index (κ1) is 26.3. The number of aromatic nitrogens is 2. The SMILES string of the molecule is CCOC(=O)C1=C(C)N=c2s/c(=C\c3ccc(Sc4cccc5cccnc45)o3)c(=O)n2[C@H]1c1ccc(Cl)cc1. The predicted octanol–water partition coefficient (Wildman–Crippen LogP) is 5.74. The lowest BCUT2D eigenvalue weighted by atomic mass is 9.96. The van der Waals surface area contributed by atoms with Gasteiger partial charge in [0.15, 0.2) is 9.89 Å². The molecule has 0 saturated heterocycles. The van der Waals surface area contributed by atoms with Crippen molar-refractivity contribution in [1.82, 2.24) is 9.55 Å². The highest BCUT2D eigenvalue weighted by Crippen LogP contribution is 2.34. The Morgan fingerprint density at radius 2 is 1.95 bits per heavy atom. The zero-order chi connectivity index (χ0) is 27.8. The average Bonchev–Trinajstić information content (AvgIpc) is 3.52. The molecule has 4 heterocycles. The molecule has 7 nitrogen and oxygen atoms in total. The van der Waals surface area contributed by atoms with E-state index >= 15 is 0 Å². The van der Waals surface area contributed by atoms with E-state index in [0.717, 1.165) is 21.4 Å². The van der Waals surface area contributed by atoms with E-state index < -0.39 is 12.0 Å². The van der Waals surface area contributed by atoms with Gasteiger partial charge in [-0.3, -0.25) is 14.3 Å². The van der Waals surface area contributed by atoms with E-state index in [4.69, 9.17) is 20.8 Å². The molecule has 0 saturated carbocycles. The van der Waals surface area contributed by atoms with E-state index in [1.54, 1.807) is 55.0 Å². The number of nitrogens with zero attached hydrogens (tertiary/aromatic N) is 3. The number of ether oxygens (including phenoxy) is 1. The molecule has 40 heavy (non-hydrogen) atoms. The fourth-order valence-corrected chi connectivity index (χ4v) is 6.67. The van der Waals surface area contributed by atoms with Gasteiger partial charge >= 0.3 is 5.97 Å². The first-order valence-electron chi connectivity index (χ1n) is 12.5. The maximum atomic E-state index is 13.8. The fraction of sp³-hybridized carbons (Fsp3) is 0.133. The topological polar surface area (TPSA) is 86.7 Å². The van der Waals surface area contributed by atoms with Crippen molar-refractivity contribution in [3.05, 3.63) is 120 Å². The van der Waals surface area contributed by atoms with Gasteiger partial charge in [-0.05, 0) is 67.6 Å². The molecule has 1 atom stereocenters. The van der Waals surface area contributed by atoms with E-state index in [1.807, 2.05) is 42.5 Å². The second-order valence-corrected chi connectivity index (χ2v) is 11.4. The molecule has 3 aromatic heterocycles. The smallest absolute Gasteiger partial charge is 0.338 e. The van der Waals surface area contributed by atoms with Crippen molar-refractivity contribution in [3.63, 3.8) is 0 Å². The Labute approximate surface area is 242 Å². The minimum atomic E-state index is -0.698. The summed E-state index contributed by atoms with van der Waals surface area (Å²) in [4.78, 5) is 37.4. The van der Waals surface area contributed by atoms with Gasteiger partial charge in [-0.25, -0.2) is 9.79 Å². The molecule has 2 aromatic carbocycles. The Kier molecular flexibility index (Phi) is 7.18. The van der Waals surface area contributed by atoms with Gasteiger partial charge in [0, 0.05) is 27.6 Å². The highest BCUT2D eigenvalue weighted by molar-refractivity contribution is 7.99. The Morgan fingerprint density at radius 3 is 2.75 bits per heavy atom. The number of furan rings is 1. The number of halogens is 1. The van der Waals surface area contributed by atoms with Gasteiger partial charge in [0.25, 0.3) is 5.56 Å². The number of pyridine rings is 1. The molecule has 0 amide bonds. The molecule has 200 valence electrons. The molecule has 10 heteroatoms. The van der Waals surface area contributed by atoms with Crippen molar-refractivity contribution in [1.29, 1.82) is 0 Å². The molecule has 0 unspecified atom stereocenters. The third-order valence-electron chi connectivity index (χ3n) is 6.38. The van der Waals surface area contributed by atoms with E-state index in [-0.39, 0.29) is 12.2 Å². The van der Waals surface area contributed by atoms with Crippen LogP contribution in [0.4, 0.5) is 0 Å².